The number of rotatable bonds is 6. The number of hydrogen-bond donors (Lipinski definition) is 1. The van der Waals surface area contributed by atoms with E-state index in [4.69, 9.17) is 5.11 Å². The largest absolute Gasteiger partial charge is 0.513 e. The zero-order valence-electron chi connectivity index (χ0n) is 12.1. The molecule has 0 spiro atoms. The van der Waals surface area contributed by atoms with Gasteiger partial charge in [0.05, 0.1) is 7.11 Å². The molecule has 0 saturated carbocycles. The Morgan fingerprint density at radius 1 is 1.45 bits per heavy atom. The first-order valence-electron chi connectivity index (χ1n) is 6.32. The fourth-order valence-corrected chi connectivity index (χ4v) is 3.17. The van der Waals surface area contributed by atoms with E-state index in [1.54, 1.807) is 7.05 Å². The third kappa shape index (κ3) is 3.99. The maximum atomic E-state index is 11.5. The van der Waals surface area contributed by atoms with Gasteiger partial charge >= 0.3 is 5.97 Å². The summed E-state index contributed by atoms with van der Waals surface area (Å²) in [5.41, 5.74) is 1.18. The van der Waals surface area contributed by atoms with Crippen molar-refractivity contribution in [1.29, 1.82) is 0 Å². The second-order valence-electron chi connectivity index (χ2n) is 4.20. The van der Waals surface area contributed by atoms with Crippen molar-refractivity contribution in [2.75, 3.05) is 19.1 Å². The third-order valence-electron chi connectivity index (χ3n) is 2.77. The number of carbonyl (C=O) groups excluding carboxylic acids is 1. The molecule has 0 atom stereocenters. The molecule has 0 amide bonds. The molecule has 6 nitrogen and oxygen atoms in total. The van der Waals surface area contributed by atoms with Crippen LogP contribution in [0.5, 0.6) is 0 Å². The lowest BCUT2D eigenvalue weighted by Gasteiger charge is -2.15. The molecule has 0 aliphatic rings. The molecule has 1 aromatic heterocycles. The number of aromatic nitrogens is 2. The lowest BCUT2D eigenvalue weighted by molar-refractivity contribution is -0.136. The molecule has 8 heteroatoms. The van der Waals surface area contributed by atoms with Gasteiger partial charge in [-0.25, -0.2) is 4.79 Å². The minimum atomic E-state index is -0.640. The number of methoxy groups -OCH3 is 1. The fraction of sp³-hybridized carbons (Fsp3) is 0.214. The van der Waals surface area contributed by atoms with Crippen LogP contribution in [0.2, 0.25) is 0 Å². The van der Waals surface area contributed by atoms with Crippen molar-refractivity contribution < 1.29 is 14.6 Å². The Kier molecular flexibility index (Phi) is 5.79. The summed E-state index contributed by atoms with van der Waals surface area (Å²) in [6.07, 6.45) is 0.698. The molecule has 0 aliphatic heterocycles. The Balaban J connectivity index is 2.03. The van der Waals surface area contributed by atoms with Crippen molar-refractivity contribution >= 4 is 34.4 Å². The SMILES string of the molecule is COC(=O)C(=CO)N(C)c1nc(SCc2ccccc2)ns1. The van der Waals surface area contributed by atoms with Gasteiger partial charge in [0.25, 0.3) is 0 Å². The first kappa shape index (κ1) is 16.3. The van der Waals surface area contributed by atoms with Gasteiger partial charge in [-0.3, -0.25) is 0 Å². The molecular weight excluding hydrogens is 322 g/mol. The molecule has 22 heavy (non-hydrogen) atoms. The van der Waals surface area contributed by atoms with Gasteiger partial charge in [0.15, 0.2) is 5.70 Å². The minimum Gasteiger partial charge on any atom is -0.513 e. The summed E-state index contributed by atoms with van der Waals surface area (Å²) >= 11 is 2.66. The van der Waals surface area contributed by atoms with Crippen LogP contribution < -0.4 is 4.90 Å². The van der Waals surface area contributed by atoms with E-state index in [1.807, 2.05) is 30.3 Å². The summed E-state index contributed by atoms with van der Waals surface area (Å²) in [6.45, 7) is 0. The molecule has 0 unspecified atom stereocenters. The molecule has 2 aromatic rings. The average Bonchev–Trinajstić information content (AvgIpc) is 3.03. The van der Waals surface area contributed by atoms with Gasteiger partial charge in [-0.15, -0.1) is 0 Å². The van der Waals surface area contributed by atoms with Crippen LogP contribution in [0.15, 0.2) is 47.4 Å². The average molecular weight is 337 g/mol. The van der Waals surface area contributed by atoms with Crippen LogP contribution in [0.3, 0.4) is 0 Å². The predicted octanol–water partition coefficient (Wildman–Crippen LogP) is 2.84. The number of carbonyl (C=O) groups is 1. The first-order valence-corrected chi connectivity index (χ1v) is 8.08. The van der Waals surface area contributed by atoms with E-state index in [-0.39, 0.29) is 5.70 Å². The second-order valence-corrected chi connectivity index (χ2v) is 5.87. The monoisotopic (exact) mass is 337 g/mol. The van der Waals surface area contributed by atoms with Crippen molar-refractivity contribution in [1.82, 2.24) is 9.36 Å². The number of nitrogens with zero attached hydrogens (tertiary/aromatic N) is 3. The number of ether oxygens (including phenoxy) is 1. The van der Waals surface area contributed by atoms with Crippen LogP contribution in [0, 0.1) is 0 Å². The topological polar surface area (TPSA) is 75.6 Å². The highest BCUT2D eigenvalue weighted by Gasteiger charge is 2.20. The van der Waals surface area contributed by atoms with Crippen LogP contribution in [0.25, 0.3) is 0 Å². The Labute approximate surface area is 136 Å². The van der Waals surface area contributed by atoms with Crippen LogP contribution in [-0.4, -0.2) is 34.6 Å². The number of esters is 1. The van der Waals surface area contributed by atoms with E-state index in [0.29, 0.717) is 16.6 Å². The highest BCUT2D eigenvalue weighted by atomic mass is 32.2. The molecule has 0 aliphatic carbocycles. The number of thioether (sulfide) groups is 1. The Morgan fingerprint density at radius 2 is 2.18 bits per heavy atom. The number of likely N-dealkylation sites (N-methyl/N-ethyl adjacent to an activating group) is 1. The quantitative estimate of drug-likeness (QED) is 0.376. The number of aliphatic hydroxyl groups excluding tert-OH is 1. The minimum absolute atomic E-state index is 0.00161. The summed E-state index contributed by atoms with van der Waals surface area (Å²) in [4.78, 5) is 17.3. The van der Waals surface area contributed by atoms with Gasteiger partial charge in [0.1, 0.15) is 6.26 Å². The Bertz CT molecular complexity index is 658. The Hall–Kier alpha value is -2.06. The van der Waals surface area contributed by atoms with E-state index < -0.39 is 5.97 Å². The summed E-state index contributed by atoms with van der Waals surface area (Å²) in [5, 5.41) is 10.3. The smallest absolute Gasteiger partial charge is 0.357 e. The van der Waals surface area contributed by atoms with Crippen molar-refractivity contribution in [3.8, 4) is 0 Å². The lowest BCUT2D eigenvalue weighted by atomic mass is 10.2. The van der Waals surface area contributed by atoms with Gasteiger partial charge < -0.3 is 14.7 Å². The van der Waals surface area contributed by atoms with Gasteiger partial charge in [0, 0.05) is 24.3 Å². The molecule has 1 heterocycles. The predicted molar refractivity (Wildman–Crippen MR) is 87.0 cm³/mol. The van der Waals surface area contributed by atoms with E-state index in [1.165, 1.54) is 29.3 Å². The highest BCUT2D eigenvalue weighted by Crippen LogP contribution is 2.26. The third-order valence-corrected chi connectivity index (χ3v) is 4.60. The molecule has 116 valence electrons. The standard InChI is InChI=1S/C14H15N3O3S2/c1-17(11(8-18)12(19)20-2)14-15-13(16-22-14)21-9-10-6-4-3-5-7-10/h3-8,18H,9H2,1-2H3. The van der Waals surface area contributed by atoms with Crippen molar-refractivity contribution in [2.45, 2.75) is 10.9 Å². The summed E-state index contributed by atoms with van der Waals surface area (Å²) in [7, 11) is 2.87. The first-order chi connectivity index (χ1) is 10.7. The van der Waals surface area contributed by atoms with Crippen LogP contribution in [0.1, 0.15) is 5.56 Å². The summed E-state index contributed by atoms with van der Waals surface area (Å²) in [6, 6.07) is 10.0. The molecule has 0 fully saturated rings. The molecular formula is C14H15N3O3S2. The number of benzene rings is 1. The molecule has 0 bridgehead atoms. The second kappa shape index (κ2) is 7.81. The molecule has 2 rings (SSSR count). The van der Waals surface area contributed by atoms with Crippen molar-refractivity contribution in [2.24, 2.45) is 0 Å². The van der Waals surface area contributed by atoms with Crippen LogP contribution in [0.4, 0.5) is 5.13 Å². The van der Waals surface area contributed by atoms with Gasteiger partial charge in [-0.1, -0.05) is 42.1 Å². The zero-order valence-corrected chi connectivity index (χ0v) is 13.7. The van der Waals surface area contributed by atoms with Gasteiger partial charge in [-0.05, 0) is 5.56 Å². The summed E-state index contributed by atoms with van der Waals surface area (Å²) in [5.74, 6) is 0.124. The Morgan fingerprint density at radius 3 is 2.82 bits per heavy atom. The highest BCUT2D eigenvalue weighted by molar-refractivity contribution is 7.98. The van der Waals surface area contributed by atoms with Crippen LogP contribution >= 0.6 is 23.3 Å². The summed E-state index contributed by atoms with van der Waals surface area (Å²) < 4.78 is 8.85. The van der Waals surface area contributed by atoms with Gasteiger partial charge in [0.2, 0.25) is 10.3 Å². The van der Waals surface area contributed by atoms with Crippen molar-refractivity contribution in [3.63, 3.8) is 0 Å². The number of hydrogen-bond acceptors (Lipinski definition) is 8. The van der Waals surface area contributed by atoms with Gasteiger partial charge in [-0.2, -0.15) is 9.36 Å². The van der Waals surface area contributed by atoms with E-state index in [9.17, 15) is 4.79 Å². The number of aliphatic hydroxyl groups is 1. The molecule has 1 N–H and O–H groups in total. The molecule has 0 radical (unpaired) electrons. The van der Waals surface area contributed by atoms with Crippen molar-refractivity contribution in [3.05, 3.63) is 47.9 Å². The van der Waals surface area contributed by atoms with E-state index in [0.717, 1.165) is 17.3 Å². The van der Waals surface area contributed by atoms with Crippen LogP contribution in [-0.2, 0) is 15.3 Å². The molecule has 0 saturated heterocycles. The molecule has 1 aromatic carbocycles. The van der Waals surface area contributed by atoms with E-state index >= 15 is 0 Å². The van der Waals surface area contributed by atoms with E-state index in [2.05, 4.69) is 14.1 Å². The maximum absolute atomic E-state index is 11.5. The lowest BCUT2D eigenvalue weighted by Crippen LogP contribution is -2.24. The fourth-order valence-electron chi connectivity index (χ4n) is 1.60. The normalized spacial score (nSPS) is 11.3. The maximum Gasteiger partial charge on any atom is 0.357 e. The number of anilines is 1. The zero-order chi connectivity index (χ0) is 15.9.